The molecule has 0 aliphatic heterocycles. The van der Waals surface area contributed by atoms with Crippen LogP contribution in [0, 0.1) is 0 Å². The molecule has 0 aliphatic carbocycles. The molecule has 4 aromatic heterocycles. The third kappa shape index (κ3) is 2.13. The first-order valence-electron chi connectivity index (χ1n) is 8.50. The van der Waals surface area contributed by atoms with Crippen molar-refractivity contribution in [1.29, 1.82) is 0 Å². The van der Waals surface area contributed by atoms with Crippen molar-refractivity contribution in [2.75, 3.05) is 0 Å². The van der Waals surface area contributed by atoms with E-state index in [1.165, 1.54) is 11.6 Å². The smallest absolute Gasteiger partial charge is 0.332 e. The maximum Gasteiger partial charge on any atom is 0.332 e. The van der Waals surface area contributed by atoms with Gasteiger partial charge in [-0.3, -0.25) is 22.9 Å². The first-order chi connectivity index (χ1) is 13.5. The maximum absolute atomic E-state index is 12.8. The van der Waals surface area contributed by atoms with Crippen LogP contribution in [0.25, 0.3) is 33.2 Å². The molecule has 0 bridgehead atoms. The molecule has 0 spiro atoms. The lowest BCUT2D eigenvalue weighted by Gasteiger charge is -2.08. The summed E-state index contributed by atoms with van der Waals surface area (Å²) < 4.78 is 6.01. The van der Waals surface area contributed by atoms with E-state index in [9.17, 15) is 14.7 Å². The summed E-state index contributed by atoms with van der Waals surface area (Å²) in [6, 6.07) is 10.8. The van der Waals surface area contributed by atoms with Gasteiger partial charge >= 0.3 is 5.69 Å². The van der Waals surface area contributed by atoms with Crippen molar-refractivity contribution in [3.8, 4) is 22.0 Å². The number of rotatable bonds is 2. The SMILES string of the molecule is Cn1c(=O)c2c(nc3n(-c4cccc(O)c4)c(-c4cccs4)cn23)n(C)c1=O. The molecule has 0 atom stereocenters. The van der Waals surface area contributed by atoms with Gasteiger partial charge in [0, 0.05) is 26.4 Å². The number of hydrogen-bond acceptors (Lipinski definition) is 5. The minimum absolute atomic E-state index is 0.126. The van der Waals surface area contributed by atoms with E-state index in [4.69, 9.17) is 0 Å². The lowest BCUT2D eigenvalue weighted by Crippen LogP contribution is -2.37. The molecule has 9 heteroatoms. The summed E-state index contributed by atoms with van der Waals surface area (Å²) in [5.41, 5.74) is 1.35. The summed E-state index contributed by atoms with van der Waals surface area (Å²) in [5, 5.41) is 11.9. The van der Waals surface area contributed by atoms with E-state index in [1.807, 2.05) is 34.3 Å². The molecule has 0 aliphatic rings. The number of aromatic hydroxyl groups is 1. The fraction of sp³-hybridized carbons (Fsp3) is 0.105. The van der Waals surface area contributed by atoms with Crippen molar-refractivity contribution >= 4 is 28.3 Å². The number of aryl methyl sites for hydroxylation is 1. The number of fused-ring (bicyclic) bond motifs is 3. The van der Waals surface area contributed by atoms with E-state index in [1.54, 1.807) is 41.0 Å². The molecule has 0 radical (unpaired) electrons. The second kappa shape index (κ2) is 5.70. The zero-order chi connectivity index (χ0) is 19.6. The Balaban J connectivity index is 2.00. The van der Waals surface area contributed by atoms with Crippen LogP contribution in [-0.4, -0.2) is 28.2 Å². The lowest BCUT2D eigenvalue weighted by molar-refractivity contribution is 0.475. The van der Waals surface area contributed by atoms with Gasteiger partial charge in [-0.15, -0.1) is 11.3 Å². The summed E-state index contributed by atoms with van der Waals surface area (Å²) in [4.78, 5) is 30.7. The van der Waals surface area contributed by atoms with E-state index < -0.39 is 11.2 Å². The molecule has 0 saturated carbocycles. The van der Waals surface area contributed by atoms with Crippen molar-refractivity contribution < 1.29 is 5.11 Å². The van der Waals surface area contributed by atoms with Gasteiger partial charge in [0.05, 0.1) is 16.3 Å². The number of aromatic nitrogens is 5. The number of phenolic OH excluding ortho intramolecular Hbond substituents is 1. The Hall–Kier alpha value is -3.59. The summed E-state index contributed by atoms with van der Waals surface area (Å²) in [6.45, 7) is 0. The highest BCUT2D eigenvalue weighted by Gasteiger charge is 2.22. The summed E-state index contributed by atoms with van der Waals surface area (Å²) in [5.74, 6) is 0.614. The molecule has 28 heavy (non-hydrogen) atoms. The van der Waals surface area contributed by atoms with E-state index in [0.717, 1.165) is 15.1 Å². The second-order valence-corrected chi connectivity index (χ2v) is 7.45. The van der Waals surface area contributed by atoms with Crippen molar-refractivity contribution in [3.63, 3.8) is 0 Å². The Kier molecular flexibility index (Phi) is 3.37. The third-order valence-electron chi connectivity index (χ3n) is 4.83. The minimum Gasteiger partial charge on any atom is -0.508 e. The predicted octanol–water partition coefficient (Wildman–Crippen LogP) is 2.11. The number of benzene rings is 1. The quantitative estimate of drug-likeness (QED) is 0.498. The zero-order valence-electron chi connectivity index (χ0n) is 15.0. The highest BCUT2D eigenvalue weighted by Crippen LogP contribution is 2.32. The van der Waals surface area contributed by atoms with Crippen LogP contribution in [0.3, 0.4) is 0 Å². The number of hydrogen-bond donors (Lipinski definition) is 1. The van der Waals surface area contributed by atoms with Crippen LogP contribution >= 0.6 is 11.3 Å². The average molecular weight is 393 g/mol. The monoisotopic (exact) mass is 393 g/mol. The van der Waals surface area contributed by atoms with Gasteiger partial charge in [-0.1, -0.05) is 12.1 Å². The van der Waals surface area contributed by atoms with Gasteiger partial charge in [0.2, 0.25) is 5.78 Å². The number of thiophene rings is 1. The van der Waals surface area contributed by atoms with E-state index in [0.29, 0.717) is 22.6 Å². The third-order valence-corrected chi connectivity index (χ3v) is 5.72. The zero-order valence-corrected chi connectivity index (χ0v) is 15.8. The Morgan fingerprint density at radius 2 is 1.89 bits per heavy atom. The fourth-order valence-electron chi connectivity index (χ4n) is 3.46. The first-order valence-corrected chi connectivity index (χ1v) is 9.38. The Labute approximate surface area is 161 Å². The van der Waals surface area contributed by atoms with Gasteiger partial charge in [-0.25, -0.2) is 4.79 Å². The molecule has 5 rings (SSSR count). The normalized spacial score (nSPS) is 11.6. The van der Waals surface area contributed by atoms with Gasteiger partial charge in [-0.05, 0) is 23.6 Å². The molecular formula is C19H15N5O3S. The van der Waals surface area contributed by atoms with Crippen molar-refractivity contribution in [2.45, 2.75) is 0 Å². The Morgan fingerprint density at radius 1 is 1.07 bits per heavy atom. The molecule has 4 heterocycles. The van der Waals surface area contributed by atoms with Gasteiger partial charge in [0.25, 0.3) is 5.56 Å². The summed E-state index contributed by atoms with van der Waals surface area (Å²) in [7, 11) is 3.05. The fourth-order valence-corrected chi connectivity index (χ4v) is 4.18. The summed E-state index contributed by atoms with van der Waals surface area (Å²) >= 11 is 1.56. The van der Waals surface area contributed by atoms with Crippen LogP contribution in [-0.2, 0) is 14.1 Å². The highest BCUT2D eigenvalue weighted by atomic mass is 32.1. The van der Waals surface area contributed by atoms with E-state index in [-0.39, 0.29) is 5.75 Å². The van der Waals surface area contributed by atoms with Crippen LogP contribution < -0.4 is 11.2 Å². The number of imidazole rings is 2. The van der Waals surface area contributed by atoms with Gasteiger partial charge in [-0.2, -0.15) is 4.98 Å². The van der Waals surface area contributed by atoms with Crippen molar-refractivity contribution in [2.24, 2.45) is 14.1 Å². The molecule has 5 aromatic rings. The lowest BCUT2D eigenvalue weighted by atomic mass is 10.3. The molecule has 1 aromatic carbocycles. The molecule has 0 fully saturated rings. The van der Waals surface area contributed by atoms with Crippen LogP contribution in [0.2, 0.25) is 0 Å². The standard InChI is InChI=1S/C19H15N5O3S/c1-21-16-15(17(26)22(2)19(21)27)23-10-13(14-7-4-8-28-14)24(18(23)20-16)11-5-3-6-12(25)9-11/h3-10,25H,1-2H3. The largest absolute Gasteiger partial charge is 0.508 e. The molecule has 140 valence electrons. The first kappa shape index (κ1) is 16.6. The van der Waals surface area contributed by atoms with Gasteiger partial charge in [0.15, 0.2) is 11.2 Å². The number of nitrogens with zero attached hydrogens (tertiary/aromatic N) is 5. The molecule has 1 N–H and O–H groups in total. The summed E-state index contributed by atoms with van der Waals surface area (Å²) in [6.07, 6.45) is 1.84. The van der Waals surface area contributed by atoms with E-state index in [2.05, 4.69) is 4.98 Å². The van der Waals surface area contributed by atoms with E-state index >= 15 is 0 Å². The maximum atomic E-state index is 12.8. The van der Waals surface area contributed by atoms with Crippen LogP contribution in [0.5, 0.6) is 5.75 Å². The van der Waals surface area contributed by atoms with Crippen molar-refractivity contribution in [1.82, 2.24) is 23.1 Å². The Morgan fingerprint density at radius 3 is 2.61 bits per heavy atom. The average Bonchev–Trinajstić information content (AvgIpc) is 3.39. The van der Waals surface area contributed by atoms with Crippen LogP contribution in [0.4, 0.5) is 0 Å². The van der Waals surface area contributed by atoms with Gasteiger partial charge in [0.1, 0.15) is 5.75 Å². The van der Waals surface area contributed by atoms with Crippen LogP contribution in [0.15, 0.2) is 57.6 Å². The predicted molar refractivity (Wildman–Crippen MR) is 107 cm³/mol. The molecule has 8 nitrogen and oxygen atoms in total. The molecular weight excluding hydrogens is 378 g/mol. The second-order valence-electron chi connectivity index (χ2n) is 6.51. The highest BCUT2D eigenvalue weighted by molar-refractivity contribution is 7.13. The molecule has 0 saturated heterocycles. The Bertz CT molecular complexity index is 1480. The topological polar surface area (TPSA) is 86.5 Å². The number of phenols is 1. The van der Waals surface area contributed by atoms with Crippen LogP contribution in [0.1, 0.15) is 0 Å². The van der Waals surface area contributed by atoms with Crippen molar-refractivity contribution in [3.05, 3.63) is 68.8 Å². The molecule has 0 unspecified atom stereocenters. The van der Waals surface area contributed by atoms with Gasteiger partial charge < -0.3 is 5.11 Å². The molecule has 0 amide bonds. The minimum atomic E-state index is -0.430.